The second-order valence-electron chi connectivity index (χ2n) is 6.13. The molecule has 2 nitrogen and oxygen atoms in total. The Bertz CT molecular complexity index is 441. The van der Waals surface area contributed by atoms with Gasteiger partial charge in [0.05, 0.1) is 7.11 Å². The van der Waals surface area contributed by atoms with Crippen LogP contribution in [0.2, 0.25) is 0 Å². The lowest BCUT2D eigenvalue weighted by molar-refractivity contribution is 0.327. The lowest BCUT2D eigenvalue weighted by atomic mass is 9.78. The van der Waals surface area contributed by atoms with E-state index in [9.17, 15) is 0 Å². The third-order valence-corrected chi connectivity index (χ3v) is 4.61. The van der Waals surface area contributed by atoms with Gasteiger partial charge in [0.1, 0.15) is 5.75 Å². The van der Waals surface area contributed by atoms with Gasteiger partial charge in [0.15, 0.2) is 0 Å². The van der Waals surface area contributed by atoms with Crippen LogP contribution in [0.4, 0.5) is 0 Å². The third-order valence-electron chi connectivity index (χ3n) is 4.61. The van der Waals surface area contributed by atoms with E-state index in [-0.39, 0.29) is 0 Å². The Hall–Kier alpha value is -1.02. The molecular formula is C18H29NO. The smallest absolute Gasteiger partial charge is 0.122 e. The van der Waals surface area contributed by atoms with E-state index in [0.717, 1.165) is 12.3 Å². The first-order valence-corrected chi connectivity index (χ1v) is 8.05. The van der Waals surface area contributed by atoms with Crippen molar-refractivity contribution in [2.45, 2.75) is 64.8 Å². The molecular weight excluding hydrogens is 246 g/mol. The second kappa shape index (κ2) is 7.12. The molecule has 0 aromatic heterocycles. The van der Waals surface area contributed by atoms with Gasteiger partial charge in [-0.25, -0.2) is 0 Å². The normalized spacial score (nSPS) is 22.8. The van der Waals surface area contributed by atoms with Crippen molar-refractivity contribution in [3.05, 3.63) is 28.8 Å². The molecule has 0 amide bonds. The summed E-state index contributed by atoms with van der Waals surface area (Å²) >= 11 is 0. The molecule has 2 atom stereocenters. The molecule has 1 aliphatic carbocycles. The van der Waals surface area contributed by atoms with Gasteiger partial charge in [0, 0.05) is 6.04 Å². The van der Waals surface area contributed by atoms with E-state index in [1.54, 1.807) is 7.11 Å². The molecule has 0 heterocycles. The monoisotopic (exact) mass is 275 g/mol. The SMILES string of the molecule is CCCNC1CCCCC1c1cc(C)c(OC)cc1C. The molecule has 1 saturated carbocycles. The molecule has 1 aromatic rings. The van der Waals surface area contributed by atoms with Gasteiger partial charge in [-0.1, -0.05) is 25.8 Å². The Kier molecular flexibility index (Phi) is 5.47. The number of rotatable bonds is 5. The van der Waals surface area contributed by atoms with Crippen molar-refractivity contribution in [1.82, 2.24) is 5.32 Å². The highest BCUT2D eigenvalue weighted by atomic mass is 16.5. The Balaban J connectivity index is 2.25. The first-order valence-electron chi connectivity index (χ1n) is 8.05. The summed E-state index contributed by atoms with van der Waals surface area (Å²) in [5, 5.41) is 3.76. The number of ether oxygens (including phenoxy) is 1. The number of hydrogen-bond acceptors (Lipinski definition) is 2. The minimum absolute atomic E-state index is 0.648. The van der Waals surface area contributed by atoms with E-state index in [0.29, 0.717) is 12.0 Å². The van der Waals surface area contributed by atoms with Gasteiger partial charge < -0.3 is 10.1 Å². The van der Waals surface area contributed by atoms with Crippen LogP contribution in [0.15, 0.2) is 12.1 Å². The number of methoxy groups -OCH3 is 1. The summed E-state index contributed by atoms with van der Waals surface area (Å²) in [5.74, 6) is 1.68. The standard InChI is InChI=1S/C18H29NO/c1-5-10-19-17-9-7-6-8-15(17)16-11-14(3)18(20-4)12-13(16)2/h11-12,15,17,19H,5-10H2,1-4H3. The summed E-state index contributed by atoms with van der Waals surface area (Å²) in [6.45, 7) is 7.75. The fraction of sp³-hybridized carbons (Fsp3) is 0.667. The fourth-order valence-electron chi connectivity index (χ4n) is 3.51. The summed E-state index contributed by atoms with van der Waals surface area (Å²) in [6.07, 6.45) is 6.57. The molecule has 0 saturated heterocycles. The predicted octanol–water partition coefficient (Wildman–Crippen LogP) is 4.34. The van der Waals surface area contributed by atoms with Gasteiger partial charge in [-0.15, -0.1) is 0 Å². The van der Waals surface area contributed by atoms with Crippen LogP contribution in [0.3, 0.4) is 0 Å². The van der Waals surface area contributed by atoms with Crippen molar-refractivity contribution in [1.29, 1.82) is 0 Å². The number of benzene rings is 1. The van der Waals surface area contributed by atoms with Crippen LogP contribution in [0.1, 0.15) is 61.6 Å². The molecule has 2 heteroatoms. The first-order chi connectivity index (χ1) is 9.67. The van der Waals surface area contributed by atoms with Crippen LogP contribution in [0, 0.1) is 13.8 Å². The Morgan fingerprint density at radius 1 is 1.15 bits per heavy atom. The zero-order valence-electron chi connectivity index (χ0n) is 13.5. The lowest BCUT2D eigenvalue weighted by Crippen LogP contribution is -2.37. The van der Waals surface area contributed by atoms with E-state index < -0.39 is 0 Å². The molecule has 20 heavy (non-hydrogen) atoms. The van der Waals surface area contributed by atoms with E-state index >= 15 is 0 Å². The third kappa shape index (κ3) is 3.35. The minimum Gasteiger partial charge on any atom is -0.496 e. The maximum atomic E-state index is 5.44. The van der Waals surface area contributed by atoms with Crippen LogP contribution >= 0.6 is 0 Å². The quantitative estimate of drug-likeness (QED) is 0.863. The van der Waals surface area contributed by atoms with Crippen molar-refractivity contribution in [3.63, 3.8) is 0 Å². The molecule has 0 spiro atoms. The maximum absolute atomic E-state index is 5.44. The van der Waals surface area contributed by atoms with Crippen molar-refractivity contribution in [2.24, 2.45) is 0 Å². The molecule has 0 radical (unpaired) electrons. The summed E-state index contributed by atoms with van der Waals surface area (Å²) < 4.78 is 5.44. The summed E-state index contributed by atoms with van der Waals surface area (Å²) in [6, 6.07) is 5.20. The average molecular weight is 275 g/mol. The lowest BCUT2D eigenvalue weighted by Gasteiger charge is -2.34. The summed E-state index contributed by atoms with van der Waals surface area (Å²) in [4.78, 5) is 0. The maximum Gasteiger partial charge on any atom is 0.122 e. The molecule has 1 aromatic carbocycles. The summed E-state index contributed by atoms with van der Waals surface area (Å²) in [5.41, 5.74) is 4.16. The van der Waals surface area contributed by atoms with Crippen LogP contribution < -0.4 is 10.1 Å². The Morgan fingerprint density at radius 3 is 2.60 bits per heavy atom. The fourth-order valence-corrected chi connectivity index (χ4v) is 3.51. The summed E-state index contributed by atoms with van der Waals surface area (Å²) in [7, 11) is 1.76. The molecule has 0 bridgehead atoms. The van der Waals surface area contributed by atoms with Gasteiger partial charge in [0.25, 0.3) is 0 Å². The highest BCUT2D eigenvalue weighted by Gasteiger charge is 2.27. The van der Waals surface area contributed by atoms with Gasteiger partial charge in [-0.3, -0.25) is 0 Å². The van der Waals surface area contributed by atoms with Gasteiger partial charge in [0.2, 0.25) is 0 Å². The Labute approximate surface area is 123 Å². The van der Waals surface area contributed by atoms with Crippen LogP contribution in [0.5, 0.6) is 5.75 Å². The van der Waals surface area contributed by atoms with E-state index in [2.05, 4.69) is 38.2 Å². The average Bonchev–Trinajstić information content (AvgIpc) is 2.47. The topological polar surface area (TPSA) is 21.3 Å². The molecule has 1 aliphatic rings. The molecule has 1 N–H and O–H groups in total. The minimum atomic E-state index is 0.648. The Morgan fingerprint density at radius 2 is 1.90 bits per heavy atom. The zero-order valence-corrected chi connectivity index (χ0v) is 13.5. The number of aryl methyl sites for hydroxylation is 2. The molecule has 0 aliphatic heterocycles. The molecule has 1 fully saturated rings. The molecule has 2 rings (SSSR count). The predicted molar refractivity (Wildman–Crippen MR) is 85.8 cm³/mol. The van der Waals surface area contributed by atoms with Gasteiger partial charge in [-0.2, -0.15) is 0 Å². The molecule has 112 valence electrons. The van der Waals surface area contributed by atoms with E-state index in [1.165, 1.54) is 48.8 Å². The first kappa shape index (κ1) is 15.4. The molecule has 2 unspecified atom stereocenters. The van der Waals surface area contributed by atoms with E-state index in [1.807, 2.05) is 0 Å². The second-order valence-corrected chi connectivity index (χ2v) is 6.13. The highest BCUT2D eigenvalue weighted by Crippen LogP contribution is 2.37. The van der Waals surface area contributed by atoms with Gasteiger partial charge >= 0.3 is 0 Å². The van der Waals surface area contributed by atoms with E-state index in [4.69, 9.17) is 4.74 Å². The van der Waals surface area contributed by atoms with Crippen LogP contribution in [-0.4, -0.2) is 19.7 Å². The van der Waals surface area contributed by atoms with Crippen molar-refractivity contribution >= 4 is 0 Å². The van der Waals surface area contributed by atoms with Crippen molar-refractivity contribution < 1.29 is 4.74 Å². The van der Waals surface area contributed by atoms with Crippen LogP contribution in [-0.2, 0) is 0 Å². The van der Waals surface area contributed by atoms with Crippen molar-refractivity contribution in [2.75, 3.05) is 13.7 Å². The van der Waals surface area contributed by atoms with Gasteiger partial charge in [-0.05, 0) is 68.3 Å². The van der Waals surface area contributed by atoms with Crippen LogP contribution in [0.25, 0.3) is 0 Å². The number of hydrogen-bond donors (Lipinski definition) is 1. The van der Waals surface area contributed by atoms with Crippen molar-refractivity contribution in [3.8, 4) is 5.75 Å². The zero-order chi connectivity index (χ0) is 14.5. The number of nitrogens with one attached hydrogen (secondary N) is 1. The largest absolute Gasteiger partial charge is 0.496 e. The highest BCUT2D eigenvalue weighted by molar-refractivity contribution is 5.43.